The van der Waals surface area contributed by atoms with E-state index in [1.54, 1.807) is 6.33 Å². The molecule has 0 unspecified atom stereocenters. The maximum atomic E-state index is 4.20. The van der Waals surface area contributed by atoms with Gasteiger partial charge < -0.3 is 5.32 Å². The minimum Gasteiger partial charge on any atom is -0.317 e. The summed E-state index contributed by atoms with van der Waals surface area (Å²) in [6, 6.07) is 0. The van der Waals surface area contributed by atoms with Crippen molar-refractivity contribution < 1.29 is 0 Å². The Hall–Kier alpha value is -1.16. The third kappa shape index (κ3) is 4.25. The van der Waals surface area contributed by atoms with Crippen LogP contribution in [0.2, 0.25) is 0 Å². The van der Waals surface area contributed by atoms with E-state index in [4.69, 9.17) is 0 Å². The Morgan fingerprint density at radius 1 is 1.60 bits per heavy atom. The number of rotatable bonds is 6. The van der Waals surface area contributed by atoms with Crippen LogP contribution >= 0.6 is 0 Å². The number of hydrogen-bond acceptors (Lipinski definition) is 3. The van der Waals surface area contributed by atoms with Gasteiger partial charge in [-0.25, -0.2) is 4.98 Å². The first kappa shape index (κ1) is 11.9. The SMILES string of the molecule is CCNCCC=C(C)Cc1ncnn1C. The van der Waals surface area contributed by atoms with Crippen molar-refractivity contribution in [2.24, 2.45) is 7.05 Å². The highest BCUT2D eigenvalue weighted by molar-refractivity contribution is 5.06. The van der Waals surface area contributed by atoms with Crippen LogP contribution in [-0.2, 0) is 13.5 Å². The van der Waals surface area contributed by atoms with Gasteiger partial charge in [0.1, 0.15) is 12.2 Å². The molecule has 0 atom stereocenters. The molecule has 1 N–H and O–H groups in total. The van der Waals surface area contributed by atoms with E-state index < -0.39 is 0 Å². The fraction of sp³-hybridized carbons (Fsp3) is 0.636. The van der Waals surface area contributed by atoms with Crippen molar-refractivity contribution in [2.45, 2.75) is 26.7 Å². The average Bonchev–Trinajstić information content (AvgIpc) is 2.59. The molecule has 0 fully saturated rings. The zero-order valence-electron chi connectivity index (χ0n) is 9.82. The normalized spacial score (nSPS) is 12.1. The summed E-state index contributed by atoms with van der Waals surface area (Å²) in [4.78, 5) is 4.20. The molecule has 0 aliphatic heterocycles. The van der Waals surface area contributed by atoms with Crippen LogP contribution in [0.15, 0.2) is 18.0 Å². The molecule has 1 heterocycles. The van der Waals surface area contributed by atoms with E-state index in [0.29, 0.717) is 0 Å². The molecule has 0 saturated carbocycles. The number of aryl methyl sites for hydroxylation is 1. The highest BCUT2D eigenvalue weighted by Crippen LogP contribution is 2.03. The van der Waals surface area contributed by atoms with Gasteiger partial charge in [-0.05, 0) is 26.4 Å². The Morgan fingerprint density at radius 2 is 2.40 bits per heavy atom. The minimum atomic E-state index is 0.891. The van der Waals surface area contributed by atoms with Gasteiger partial charge in [-0.15, -0.1) is 0 Å². The monoisotopic (exact) mass is 208 g/mol. The molecule has 0 amide bonds. The predicted octanol–water partition coefficient (Wildman–Crippen LogP) is 1.30. The Labute approximate surface area is 91.4 Å². The van der Waals surface area contributed by atoms with Crippen molar-refractivity contribution in [3.63, 3.8) is 0 Å². The highest BCUT2D eigenvalue weighted by atomic mass is 15.3. The Bertz CT molecular complexity index is 314. The lowest BCUT2D eigenvalue weighted by atomic mass is 10.1. The van der Waals surface area contributed by atoms with E-state index in [9.17, 15) is 0 Å². The third-order valence-corrected chi connectivity index (χ3v) is 2.31. The van der Waals surface area contributed by atoms with Gasteiger partial charge in [0.05, 0.1) is 0 Å². The van der Waals surface area contributed by atoms with E-state index in [-0.39, 0.29) is 0 Å². The first-order valence-electron chi connectivity index (χ1n) is 5.43. The molecule has 0 aliphatic carbocycles. The number of allylic oxidation sites excluding steroid dienone is 1. The Kier molecular flexibility index (Phi) is 5.04. The fourth-order valence-electron chi connectivity index (χ4n) is 1.40. The van der Waals surface area contributed by atoms with Gasteiger partial charge in [-0.1, -0.05) is 18.6 Å². The number of nitrogens with one attached hydrogen (secondary N) is 1. The van der Waals surface area contributed by atoms with E-state index in [2.05, 4.69) is 35.3 Å². The largest absolute Gasteiger partial charge is 0.317 e. The molecular formula is C11H20N4. The standard InChI is InChI=1S/C11H20N4/c1-4-12-7-5-6-10(2)8-11-13-9-14-15(11)3/h6,9,12H,4-5,7-8H2,1-3H3. The summed E-state index contributed by atoms with van der Waals surface area (Å²) in [6.07, 6.45) is 5.83. The fourth-order valence-corrected chi connectivity index (χ4v) is 1.40. The lowest BCUT2D eigenvalue weighted by Crippen LogP contribution is -2.13. The van der Waals surface area contributed by atoms with E-state index in [1.807, 2.05) is 11.7 Å². The van der Waals surface area contributed by atoms with Crippen molar-refractivity contribution in [2.75, 3.05) is 13.1 Å². The van der Waals surface area contributed by atoms with E-state index in [0.717, 1.165) is 31.8 Å². The highest BCUT2D eigenvalue weighted by Gasteiger charge is 2.00. The van der Waals surface area contributed by atoms with Crippen molar-refractivity contribution >= 4 is 0 Å². The second-order valence-corrected chi connectivity index (χ2v) is 3.67. The van der Waals surface area contributed by atoms with Crippen LogP contribution in [0.25, 0.3) is 0 Å². The molecule has 4 nitrogen and oxygen atoms in total. The van der Waals surface area contributed by atoms with Gasteiger partial charge in [0.15, 0.2) is 0 Å². The van der Waals surface area contributed by atoms with Crippen LogP contribution in [-0.4, -0.2) is 27.9 Å². The summed E-state index contributed by atoms with van der Waals surface area (Å²) in [5.41, 5.74) is 1.35. The van der Waals surface area contributed by atoms with Crippen molar-refractivity contribution in [1.29, 1.82) is 0 Å². The summed E-state index contributed by atoms with van der Waals surface area (Å²) >= 11 is 0. The maximum absolute atomic E-state index is 4.20. The molecular weight excluding hydrogens is 188 g/mol. The molecule has 1 rings (SSSR count). The first-order valence-corrected chi connectivity index (χ1v) is 5.43. The van der Waals surface area contributed by atoms with E-state index >= 15 is 0 Å². The molecule has 0 saturated heterocycles. The lowest BCUT2D eigenvalue weighted by Gasteiger charge is -2.01. The van der Waals surface area contributed by atoms with Crippen LogP contribution in [0.5, 0.6) is 0 Å². The van der Waals surface area contributed by atoms with Gasteiger partial charge in [-0.3, -0.25) is 4.68 Å². The summed E-state index contributed by atoms with van der Waals surface area (Å²) in [6.45, 7) is 6.35. The minimum absolute atomic E-state index is 0.891. The second kappa shape index (κ2) is 6.35. The molecule has 1 aromatic heterocycles. The third-order valence-electron chi connectivity index (χ3n) is 2.31. The Balaban J connectivity index is 2.35. The molecule has 1 aromatic rings. The van der Waals surface area contributed by atoms with Crippen LogP contribution < -0.4 is 5.32 Å². The van der Waals surface area contributed by atoms with E-state index in [1.165, 1.54) is 5.57 Å². The lowest BCUT2D eigenvalue weighted by molar-refractivity contribution is 0.707. The number of nitrogens with zero attached hydrogens (tertiary/aromatic N) is 3. The molecule has 0 spiro atoms. The van der Waals surface area contributed by atoms with Crippen LogP contribution in [0.4, 0.5) is 0 Å². The molecule has 0 aromatic carbocycles. The zero-order chi connectivity index (χ0) is 11.1. The topological polar surface area (TPSA) is 42.7 Å². The van der Waals surface area contributed by atoms with Gasteiger partial charge in [0.2, 0.25) is 0 Å². The van der Waals surface area contributed by atoms with Crippen molar-refractivity contribution in [3.05, 3.63) is 23.8 Å². The maximum Gasteiger partial charge on any atom is 0.138 e. The van der Waals surface area contributed by atoms with Gasteiger partial charge >= 0.3 is 0 Å². The van der Waals surface area contributed by atoms with Crippen LogP contribution in [0.1, 0.15) is 26.1 Å². The Morgan fingerprint density at radius 3 is 3.00 bits per heavy atom. The molecule has 0 radical (unpaired) electrons. The van der Waals surface area contributed by atoms with Crippen molar-refractivity contribution in [3.8, 4) is 0 Å². The summed E-state index contributed by atoms with van der Waals surface area (Å²) in [7, 11) is 1.92. The van der Waals surface area contributed by atoms with Gasteiger partial charge in [0.25, 0.3) is 0 Å². The zero-order valence-corrected chi connectivity index (χ0v) is 9.82. The predicted molar refractivity (Wildman–Crippen MR) is 61.6 cm³/mol. The molecule has 84 valence electrons. The quantitative estimate of drug-likeness (QED) is 0.566. The summed E-state index contributed by atoms with van der Waals surface area (Å²) in [5, 5.41) is 7.34. The number of hydrogen-bond donors (Lipinski definition) is 1. The molecule has 15 heavy (non-hydrogen) atoms. The van der Waals surface area contributed by atoms with Gasteiger partial charge in [-0.2, -0.15) is 5.10 Å². The smallest absolute Gasteiger partial charge is 0.138 e. The van der Waals surface area contributed by atoms with Crippen LogP contribution in [0, 0.1) is 0 Å². The second-order valence-electron chi connectivity index (χ2n) is 3.67. The van der Waals surface area contributed by atoms with Gasteiger partial charge in [0, 0.05) is 13.5 Å². The average molecular weight is 208 g/mol. The van der Waals surface area contributed by atoms with Crippen LogP contribution in [0.3, 0.4) is 0 Å². The van der Waals surface area contributed by atoms with Crippen molar-refractivity contribution in [1.82, 2.24) is 20.1 Å². The molecule has 0 bridgehead atoms. The molecule has 0 aliphatic rings. The summed E-state index contributed by atoms with van der Waals surface area (Å²) in [5.74, 6) is 1.02. The summed E-state index contributed by atoms with van der Waals surface area (Å²) < 4.78 is 1.82. The first-order chi connectivity index (χ1) is 7.24. The number of aromatic nitrogens is 3. The molecule has 4 heteroatoms.